The van der Waals surface area contributed by atoms with Gasteiger partial charge >= 0.3 is 0 Å². The Hall–Kier alpha value is -1.47. The largest absolute Gasteiger partial charge is 0.382 e. The Bertz CT molecular complexity index is 536. The van der Waals surface area contributed by atoms with Crippen LogP contribution < -0.4 is 11.1 Å². The summed E-state index contributed by atoms with van der Waals surface area (Å²) in [5.74, 6) is -0.469. The van der Waals surface area contributed by atoms with E-state index in [9.17, 15) is 9.90 Å². The first-order valence-electron chi connectivity index (χ1n) is 6.30. The minimum absolute atomic E-state index is 0. The van der Waals surface area contributed by atoms with Crippen LogP contribution >= 0.6 is 23.7 Å². The van der Waals surface area contributed by atoms with Crippen LogP contribution in [-0.4, -0.2) is 28.1 Å². The highest BCUT2D eigenvalue weighted by molar-refractivity contribution is 7.09. The number of aliphatic hydroxyl groups is 1. The first-order chi connectivity index (χ1) is 9.66. The van der Waals surface area contributed by atoms with Crippen LogP contribution in [0.5, 0.6) is 0 Å². The maximum atomic E-state index is 11.8. The maximum Gasteiger partial charge on any atom is 0.250 e. The third kappa shape index (κ3) is 5.43. The van der Waals surface area contributed by atoms with Gasteiger partial charge in [-0.15, -0.1) is 23.7 Å². The van der Waals surface area contributed by atoms with Crippen molar-refractivity contribution in [1.29, 1.82) is 0 Å². The molecule has 2 atom stereocenters. The molecule has 0 saturated carbocycles. The molecular weight excluding hydrogens is 310 g/mol. The minimum atomic E-state index is -1.23. The number of carbonyl (C=O) groups is 1. The summed E-state index contributed by atoms with van der Waals surface area (Å²) >= 11 is 1.45. The molecule has 0 radical (unpaired) electrons. The zero-order valence-corrected chi connectivity index (χ0v) is 12.9. The van der Waals surface area contributed by atoms with Crippen molar-refractivity contribution in [3.8, 4) is 0 Å². The van der Waals surface area contributed by atoms with Crippen LogP contribution in [0.3, 0.4) is 0 Å². The molecule has 0 fully saturated rings. The first kappa shape index (κ1) is 17.6. The smallest absolute Gasteiger partial charge is 0.250 e. The van der Waals surface area contributed by atoms with Crippen LogP contribution in [0.1, 0.15) is 10.6 Å². The number of aromatic nitrogens is 1. The van der Waals surface area contributed by atoms with Crippen molar-refractivity contribution in [1.82, 2.24) is 10.3 Å². The van der Waals surface area contributed by atoms with E-state index >= 15 is 0 Å². The number of nitrogens with two attached hydrogens (primary N) is 1. The Kier molecular flexibility index (Phi) is 7.31. The van der Waals surface area contributed by atoms with Crippen LogP contribution in [-0.2, 0) is 17.8 Å². The number of nitrogens with zero attached hydrogens (tertiary/aromatic N) is 1. The van der Waals surface area contributed by atoms with E-state index in [1.54, 1.807) is 6.20 Å². The molecule has 0 aliphatic heterocycles. The maximum absolute atomic E-state index is 11.8. The lowest BCUT2D eigenvalue weighted by atomic mass is 10.0. The van der Waals surface area contributed by atoms with Crippen molar-refractivity contribution < 1.29 is 9.90 Å². The van der Waals surface area contributed by atoms with Crippen LogP contribution in [0.2, 0.25) is 0 Å². The minimum Gasteiger partial charge on any atom is -0.382 e. The van der Waals surface area contributed by atoms with Gasteiger partial charge in [0, 0.05) is 17.6 Å². The number of rotatable bonds is 6. The van der Waals surface area contributed by atoms with Crippen molar-refractivity contribution in [2.45, 2.75) is 25.1 Å². The monoisotopic (exact) mass is 327 g/mol. The summed E-state index contributed by atoms with van der Waals surface area (Å²) in [6.45, 7) is 0.311. The van der Waals surface area contributed by atoms with E-state index in [1.807, 2.05) is 35.7 Å². The molecule has 1 heterocycles. The molecule has 1 aromatic heterocycles. The Labute approximate surface area is 133 Å². The molecule has 1 aromatic carbocycles. The van der Waals surface area contributed by atoms with Gasteiger partial charge in [-0.3, -0.25) is 4.79 Å². The molecule has 4 N–H and O–H groups in total. The normalized spacial score (nSPS) is 13.0. The van der Waals surface area contributed by atoms with Crippen molar-refractivity contribution >= 4 is 29.7 Å². The third-order valence-corrected chi connectivity index (χ3v) is 3.67. The molecule has 7 heteroatoms. The molecule has 0 aliphatic rings. The molecule has 0 unspecified atom stereocenters. The van der Waals surface area contributed by atoms with E-state index in [0.29, 0.717) is 13.0 Å². The molecule has 0 bridgehead atoms. The fourth-order valence-corrected chi connectivity index (χ4v) is 2.36. The molecule has 114 valence electrons. The van der Waals surface area contributed by atoms with Gasteiger partial charge in [0.1, 0.15) is 11.1 Å². The van der Waals surface area contributed by atoms with Gasteiger partial charge in [0.15, 0.2) is 0 Å². The summed E-state index contributed by atoms with van der Waals surface area (Å²) in [6.07, 6.45) is 0.895. The average Bonchev–Trinajstić information content (AvgIpc) is 2.98. The van der Waals surface area contributed by atoms with E-state index in [2.05, 4.69) is 10.3 Å². The lowest BCUT2D eigenvalue weighted by Gasteiger charge is -2.18. The number of aliphatic hydroxyl groups excluding tert-OH is 1. The Morgan fingerprint density at radius 3 is 2.71 bits per heavy atom. The average molecular weight is 328 g/mol. The van der Waals surface area contributed by atoms with E-state index in [-0.39, 0.29) is 12.4 Å². The Balaban J connectivity index is 0.00000220. The number of carbonyl (C=O) groups excluding carboxylic acids is 1. The summed E-state index contributed by atoms with van der Waals surface area (Å²) < 4.78 is 0. The molecule has 21 heavy (non-hydrogen) atoms. The summed E-state index contributed by atoms with van der Waals surface area (Å²) in [7, 11) is 0. The second-order valence-electron chi connectivity index (χ2n) is 4.44. The highest BCUT2D eigenvalue weighted by Crippen LogP contribution is 2.06. The van der Waals surface area contributed by atoms with Crippen LogP contribution in [0, 0.1) is 0 Å². The highest BCUT2D eigenvalue weighted by atomic mass is 35.5. The lowest BCUT2D eigenvalue weighted by molar-refractivity contribution is -0.130. The highest BCUT2D eigenvalue weighted by Gasteiger charge is 2.22. The SMILES string of the molecule is Cl.N[C@H](Cc1ccccc1)[C@H](O)C(=O)NCc1nccs1. The molecule has 5 nitrogen and oxygen atoms in total. The zero-order chi connectivity index (χ0) is 14.4. The second kappa shape index (κ2) is 8.74. The summed E-state index contributed by atoms with van der Waals surface area (Å²) in [6, 6.07) is 8.91. The van der Waals surface area contributed by atoms with E-state index in [4.69, 9.17) is 5.73 Å². The standard InChI is InChI=1S/C14H17N3O2S.ClH/c15-11(8-10-4-2-1-3-5-10)13(18)14(19)17-9-12-16-6-7-20-12;/h1-7,11,13,18H,8-9,15H2,(H,17,19);1H/t11-,13+;/m1./s1. The number of nitrogens with one attached hydrogen (secondary N) is 1. The van der Waals surface area contributed by atoms with Gasteiger partial charge in [-0.2, -0.15) is 0 Å². The van der Waals surface area contributed by atoms with E-state index in [1.165, 1.54) is 11.3 Å². The molecule has 0 spiro atoms. The number of amides is 1. The fraction of sp³-hybridized carbons (Fsp3) is 0.286. The number of benzene rings is 1. The summed E-state index contributed by atoms with van der Waals surface area (Å²) in [4.78, 5) is 15.9. The fourth-order valence-electron chi connectivity index (χ4n) is 1.80. The van der Waals surface area contributed by atoms with Crippen molar-refractivity contribution in [3.63, 3.8) is 0 Å². The van der Waals surface area contributed by atoms with Gasteiger partial charge in [0.25, 0.3) is 5.91 Å². The second-order valence-corrected chi connectivity index (χ2v) is 5.42. The number of hydrogen-bond donors (Lipinski definition) is 3. The van der Waals surface area contributed by atoms with Crippen LogP contribution in [0.15, 0.2) is 41.9 Å². The van der Waals surface area contributed by atoms with E-state index < -0.39 is 18.1 Å². The predicted molar refractivity (Wildman–Crippen MR) is 85.3 cm³/mol. The van der Waals surface area contributed by atoms with Gasteiger partial charge < -0.3 is 16.2 Å². The quantitative estimate of drug-likeness (QED) is 0.741. The van der Waals surface area contributed by atoms with Gasteiger partial charge in [0.2, 0.25) is 0 Å². The Morgan fingerprint density at radius 2 is 2.10 bits per heavy atom. The van der Waals surface area contributed by atoms with Gasteiger partial charge in [-0.25, -0.2) is 4.98 Å². The third-order valence-electron chi connectivity index (χ3n) is 2.89. The zero-order valence-electron chi connectivity index (χ0n) is 11.3. The number of hydrogen-bond acceptors (Lipinski definition) is 5. The molecule has 0 saturated heterocycles. The van der Waals surface area contributed by atoms with Crippen LogP contribution in [0.4, 0.5) is 0 Å². The first-order valence-corrected chi connectivity index (χ1v) is 7.18. The summed E-state index contributed by atoms with van der Waals surface area (Å²) in [5, 5.41) is 15.2. The van der Waals surface area contributed by atoms with Crippen LogP contribution in [0.25, 0.3) is 0 Å². The van der Waals surface area contributed by atoms with Crippen molar-refractivity contribution in [2.75, 3.05) is 0 Å². The molecule has 1 amide bonds. The number of thiazole rings is 1. The van der Waals surface area contributed by atoms with Gasteiger partial charge in [-0.05, 0) is 12.0 Å². The number of halogens is 1. The molecular formula is C14H18ClN3O2S. The lowest BCUT2D eigenvalue weighted by Crippen LogP contribution is -2.47. The Morgan fingerprint density at radius 1 is 1.38 bits per heavy atom. The molecule has 0 aliphatic carbocycles. The van der Waals surface area contributed by atoms with Crippen molar-refractivity contribution in [2.24, 2.45) is 5.73 Å². The van der Waals surface area contributed by atoms with Gasteiger partial charge in [0.05, 0.1) is 6.54 Å². The van der Waals surface area contributed by atoms with Gasteiger partial charge in [-0.1, -0.05) is 30.3 Å². The molecule has 2 rings (SSSR count). The van der Waals surface area contributed by atoms with Crippen molar-refractivity contribution in [3.05, 3.63) is 52.5 Å². The predicted octanol–water partition coefficient (Wildman–Crippen LogP) is 1.11. The summed E-state index contributed by atoms with van der Waals surface area (Å²) in [5.41, 5.74) is 6.87. The topological polar surface area (TPSA) is 88.2 Å². The molecule has 2 aromatic rings. The van der Waals surface area contributed by atoms with E-state index in [0.717, 1.165) is 10.6 Å².